The molecule has 2 nitrogen and oxygen atoms in total. The molecule has 2 aliphatic rings. The van der Waals surface area contributed by atoms with Crippen LogP contribution in [0.4, 0.5) is 4.39 Å². The van der Waals surface area contributed by atoms with Gasteiger partial charge >= 0.3 is 0 Å². The van der Waals surface area contributed by atoms with Crippen molar-refractivity contribution in [1.82, 2.24) is 4.90 Å². The molecule has 2 fully saturated rings. The third-order valence-electron chi connectivity index (χ3n) is 5.32. The predicted octanol–water partition coefficient (Wildman–Crippen LogP) is 5.01. The van der Waals surface area contributed by atoms with Crippen LogP contribution in [-0.4, -0.2) is 24.5 Å². The van der Waals surface area contributed by atoms with E-state index in [2.05, 4.69) is 4.90 Å². The normalized spacial score (nSPS) is 23.9. The second-order valence-corrected chi connectivity index (χ2v) is 7.78. The summed E-state index contributed by atoms with van der Waals surface area (Å²) in [6.45, 7) is 3.61. The number of rotatable bonds is 6. The van der Waals surface area contributed by atoms with Gasteiger partial charge in [0.1, 0.15) is 11.4 Å². The van der Waals surface area contributed by atoms with Crippen LogP contribution in [-0.2, 0) is 16.9 Å². The summed E-state index contributed by atoms with van der Waals surface area (Å²) in [5.41, 5.74) is 1.81. The molecule has 0 spiro atoms. The fraction of sp³-hybridized carbons (Fsp3) is 0.429. The molecule has 0 bridgehead atoms. The van der Waals surface area contributed by atoms with E-state index < -0.39 is 0 Å². The van der Waals surface area contributed by atoms with Crippen LogP contribution in [0.15, 0.2) is 48.5 Å². The Morgan fingerprint density at radius 2 is 1.80 bits per heavy atom. The number of benzene rings is 2. The predicted molar refractivity (Wildman–Crippen MR) is 98.1 cm³/mol. The fourth-order valence-corrected chi connectivity index (χ4v) is 3.80. The van der Waals surface area contributed by atoms with Crippen molar-refractivity contribution in [3.05, 3.63) is 70.5 Å². The fourth-order valence-electron chi connectivity index (χ4n) is 3.67. The lowest BCUT2D eigenvalue weighted by Gasteiger charge is -2.31. The average Bonchev–Trinajstić information content (AvgIpc) is 3.34. The van der Waals surface area contributed by atoms with Gasteiger partial charge in [0, 0.05) is 24.7 Å². The van der Waals surface area contributed by atoms with Crippen molar-refractivity contribution in [2.75, 3.05) is 19.6 Å². The molecule has 132 valence electrons. The Morgan fingerprint density at radius 3 is 2.48 bits per heavy atom. The molecule has 4 rings (SSSR count). The molecule has 0 N–H and O–H groups in total. The number of hydrogen-bond acceptors (Lipinski definition) is 2. The summed E-state index contributed by atoms with van der Waals surface area (Å²) in [6.07, 6.45) is 3.65. The van der Waals surface area contributed by atoms with Crippen LogP contribution in [0, 0.1) is 11.7 Å². The van der Waals surface area contributed by atoms with E-state index in [4.69, 9.17) is 16.3 Å². The zero-order chi connectivity index (χ0) is 17.3. The van der Waals surface area contributed by atoms with E-state index in [1.54, 1.807) is 0 Å². The van der Waals surface area contributed by atoms with Gasteiger partial charge < -0.3 is 4.74 Å². The van der Waals surface area contributed by atoms with Crippen LogP contribution >= 0.6 is 11.6 Å². The number of likely N-dealkylation sites (tertiary alicyclic amines) is 1. The highest BCUT2D eigenvalue weighted by molar-refractivity contribution is 6.30. The number of hydrogen-bond donors (Lipinski definition) is 0. The molecule has 1 atom stereocenters. The summed E-state index contributed by atoms with van der Waals surface area (Å²) in [5, 5.41) is 0.730. The van der Waals surface area contributed by atoms with Gasteiger partial charge in [-0.1, -0.05) is 35.9 Å². The Morgan fingerprint density at radius 1 is 1.08 bits per heavy atom. The van der Waals surface area contributed by atoms with Crippen LogP contribution < -0.4 is 0 Å². The first kappa shape index (κ1) is 17.0. The summed E-state index contributed by atoms with van der Waals surface area (Å²) in [4.78, 5) is 2.50. The Labute approximate surface area is 153 Å². The van der Waals surface area contributed by atoms with Crippen LogP contribution in [0.5, 0.6) is 0 Å². The van der Waals surface area contributed by atoms with E-state index in [0.29, 0.717) is 6.61 Å². The Bertz CT molecular complexity index is 714. The zero-order valence-corrected chi connectivity index (χ0v) is 15.0. The van der Waals surface area contributed by atoms with E-state index in [9.17, 15) is 4.39 Å². The molecular weight excluding hydrogens is 337 g/mol. The molecule has 1 aliphatic carbocycles. The van der Waals surface area contributed by atoms with Crippen molar-refractivity contribution in [3.63, 3.8) is 0 Å². The van der Waals surface area contributed by atoms with Gasteiger partial charge in [0.2, 0.25) is 0 Å². The van der Waals surface area contributed by atoms with E-state index >= 15 is 0 Å². The lowest BCUT2D eigenvalue weighted by Crippen LogP contribution is -2.34. The Kier molecular flexibility index (Phi) is 4.81. The standard InChI is InChI=1S/C21H23ClFNO/c22-19-7-3-17(4-8-19)14-25-21(18-5-9-20(23)10-6-18)11-12-24(15-21)13-16-1-2-16/h3-10,16H,1-2,11-15H2. The molecule has 0 amide bonds. The van der Waals surface area contributed by atoms with Crippen molar-refractivity contribution < 1.29 is 9.13 Å². The van der Waals surface area contributed by atoms with Crippen LogP contribution in [0.3, 0.4) is 0 Å². The lowest BCUT2D eigenvalue weighted by molar-refractivity contribution is -0.0541. The van der Waals surface area contributed by atoms with Gasteiger partial charge in [0.05, 0.1) is 6.61 Å². The van der Waals surface area contributed by atoms with E-state index in [0.717, 1.165) is 48.1 Å². The maximum absolute atomic E-state index is 13.4. The highest BCUT2D eigenvalue weighted by Crippen LogP contribution is 2.39. The SMILES string of the molecule is Fc1ccc(C2(OCc3ccc(Cl)cc3)CCN(CC3CC3)C2)cc1. The third kappa shape index (κ3) is 4.05. The minimum absolute atomic E-state index is 0.204. The summed E-state index contributed by atoms with van der Waals surface area (Å²) < 4.78 is 19.8. The van der Waals surface area contributed by atoms with Gasteiger partial charge in [-0.3, -0.25) is 4.90 Å². The van der Waals surface area contributed by atoms with E-state index in [-0.39, 0.29) is 11.4 Å². The summed E-state index contributed by atoms with van der Waals surface area (Å²) in [5.74, 6) is 0.657. The molecular formula is C21H23ClFNO. The minimum atomic E-state index is -0.359. The highest BCUT2D eigenvalue weighted by Gasteiger charge is 2.42. The van der Waals surface area contributed by atoms with Crippen LogP contribution in [0.1, 0.15) is 30.4 Å². The average molecular weight is 360 g/mol. The molecule has 1 heterocycles. The van der Waals surface area contributed by atoms with E-state index in [1.807, 2.05) is 36.4 Å². The van der Waals surface area contributed by atoms with Gasteiger partial charge in [0.15, 0.2) is 0 Å². The molecule has 1 aliphatic heterocycles. The Balaban J connectivity index is 1.52. The number of ether oxygens (including phenoxy) is 1. The lowest BCUT2D eigenvalue weighted by atomic mass is 9.92. The first-order valence-electron chi connectivity index (χ1n) is 9.00. The van der Waals surface area contributed by atoms with Crippen molar-refractivity contribution >= 4 is 11.6 Å². The van der Waals surface area contributed by atoms with Gasteiger partial charge in [0.25, 0.3) is 0 Å². The molecule has 1 saturated carbocycles. The van der Waals surface area contributed by atoms with Crippen molar-refractivity contribution in [2.45, 2.75) is 31.5 Å². The van der Waals surface area contributed by atoms with Gasteiger partial charge in [-0.05, 0) is 60.6 Å². The maximum Gasteiger partial charge on any atom is 0.123 e. The van der Waals surface area contributed by atoms with Crippen LogP contribution in [0.2, 0.25) is 5.02 Å². The molecule has 1 saturated heterocycles. The van der Waals surface area contributed by atoms with E-state index in [1.165, 1.54) is 25.0 Å². The zero-order valence-electron chi connectivity index (χ0n) is 14.3. The van der Waals surface area contributed by atoms with Crippen molar-refractivity contribution in [2.24, 2.45) is 5.92 Å². The summed E-state index contributed by atoms with van der Waals surface area (Å²) in [6, 6.07) is 14.6. The largest absolute Gasteiger partial charge is 0.364 e. The smallest absolute Gasteiger partial charge is 0.123 e. The molecule has 2 aromatic carbocycles. The highest BCUT2D eigenvalue weighted by atomic mass is 35.5. The van der Waals surface area contributed by atoms with Gasteiger partial charge in [-0.2, -0.15) is 0 Å². The minimum Gasteiger partial charge on any atom is -0.364 e. The maximum atomic E-state index is 13.4. The molecule has 1 unspecified atom stereocenters. The first-order chi connectivity index (χ1) is 12.1. The third-order valence-corrected chi connectivity index (χ3v) is 5.57. The number of halogens is 2. The Hall–Kier alpha value is -1.42. The molecule has 0 aromatic heterocycles. The molecule has 25 heavy (non-hydrogen) atoms. The van der Waals surface area contributed by atoms with Crippen molar-refractivity contribution in [1.29, 1.82) is 0 Å². The quantitative estimate of drug-likeness (QED) is 0.719. The first-order valence-corrected chi connectivity index (χ1v) is 9.38. The molecule has 2 aromatic rings. The van der Waals surface area contributed by atoms with Crippen molar-refractivity contribution in [3.8, 4) is 0 Å². The van der Waals surface area contributed by atoms with Gasteiger partial charge in [-0.15, -0.1) is 0 Å². The second-order valence-electron chi connectivity index (χ2n) is 7.34. The van der Waals surface area contributed by atoms with Gasteiger partial charge in [-0.25, -0.2) is 4.39 Å². The summed E-state index contributed by atoms with van der Waals surface area (Å²) in [7, 11) is 0. The topological polar surface area (TPSA) is 12.5 Å². The monoisotopic (exact) mass is 359 g/mol. The van der Waals surface area contributed by atoms with Crippen LogP contribution in [0.25, 0.3) is 0 Å². The molecule has 0 radical (unpaired) electrons. The number of nitrogens with zero attached hydrogens (tertiary/aromatic N) is 1. The molecule has 4 heteroatoms. The summed E-state index contributed by atoms with van der Waals surface area (Å²) >= 11 is 5.97. The second kappa shape index (κ2) is 7.06.